The van der Waals surface area contributed by atoms with Crippen molar-refractivity contribution in [2.45, 2.75) is 50.6 Å². The van der Waals surface area contributed by atoms with Gasteiger partial charge >= 0.3 is 17.9 Å². The summed E-state index contributed by atoms with van der Waals surface area (Å²) >= 11 is 0. The lowest BCUT2D eigenvalue weighted by Crippen LogP contribution is -2.50. The smallest absolute Gasteiger partial charge is 0.335 e. The number of hydrogen-bond acceptors (Lipinski definition) is 6. The SMILES string of the molecule is NCC(CCC(=O)O)NC(=O)C(CCC(=O)O)NCCCc1ccc(-c2cccc(C(=O)O)c2)cc1. The van der Waals surface area contributed by atoms with Gasteiger partial charge in [-0.15, -0.1) is 0 Å². The molecule has 0 radical (unpaired) electrons. The molecule has 1 amide bonds. The Labute approximate surface area is 209 Å². The summed E-state index contributed by atoms with van der Waals surface area (Å²) < 4.78 is 0. The summed E-state index contributed by atoms with van der Waals surface area (Å²) in [5, 5.41) is 32.8. The number of carboxylic acid groups (broad SMARTS) is 3. The van der Waals surface area contributed by atoms with Gasteiger partial charge in [0.2, 0.25) is 5.91 Å². The zero-order chi connectivity index (χ0) is 26.5. The van der Waals surface area contributed by atoms with E-state index in [-0.39, 0.29) is 37.8 Å². The van der Waals surface area contributed by atoms with Gasteiger partial charge < -0.3 is 31.7 Å². The van der Waals surface area contributed by atoms with Gasteiger partial charge in [-0.2, -0.15) is 0 Å². The van der Waals surface area contributed by atoms with Crippen LogP contribution >= 0.6 is 0 Å². The molecule has 2 unspecified atom stereocenters. The van der Waals surface area contributed by atoms with E-state index in [1.54, 1.807) is 18.2 Å². The van der Waals surface area contributed by atoms with Gasteiger partial charge in [0.05, 0.1) is 11.6 Å². The predicted octanol–water partition coefficient (Wildman–Crippen LogP) is 2.12. The monoisotopic (exact) mass is 499 g/mol. The third kappa shape index (κ3) is 9.85. The summed E-state index contributed by atoms with van der Waals surface area (Å²) in [6, 6.07) is 13.3. The number of aromatic carboxylic acids is 1. The van der Waals surface area contributed by atoms with Gasteiger partial charge in [-0.1, -0.05) is 36.4 Å². The molecular formula is C26H33N3O7. The summed E-state index contributed by atoms with van der Waals surface area (Å²) in [6.07, 6.45) is 1.41. The number of nitrogens with two attached hydrogens (primary N) is 1. The number of carboxylic acids is 3. The Bertz CT molecular complexity index is 1040. The molecular weight excluding hydrogens is 466 g/mol. The minimum absolute atomic E-state index is 0.0846. The molecule has 2 aromatic rings. The van der Waals surface area contributed by atoms with Crippen molar-refractivity contribution in [2.24, 2.45) is 5.73 Å². The lowest BCUT2D eigenvalue weighted by atomic mass is 10.0. The topological polar surface area (TPSA) is 179 Å². The fourth-order valence-corrected chi connectivity index (χ4v) is 3.71. The zero-order valence-electron chi connectivity index (χ0n) is 20.0. The summed E-state index contributed by atoms with van der Waals surface area (Å²) in [6.45, 7) is 0.559. The fourth-order valence-electron chi connectivity index (χ4n) is 3.71. The Balaban J connectivity index is 1.89. The summed E-state index contributed by atoms with van der Waals surface area (Å²) in [5.74, 6) is -3.37. The van der Waals surface area contributed by atoms with Crippen molar-refractivity contribution < 1.29 is 34.5 Å². The van der Waals surface area contributed by atoms with Crippen molar-refractivity contribution in [2.75, 3.05) is 13.1 Å². The van der Waals surface area contributed by atoms with Gasteiger partial charge in [0.1, 0.15) is 0 Å². The van der Waals surface area contributed by atoms with Crippen molar-refractivity contribution in [3.05, 3.63) is 59.7 Å². The van der Waals surface area contributed by atoms with Crippen LogP contribution in [0.4, 0.5) is 0 Å². The number of hydrogen-bond donors (Lipinski definition) is 6. The molecule has 0 saturated carbocycles. The van der Waals surface area contributed by atoms with Crippen LogP contribution in [0.1, 0.15) is 48.0 Å². The summed E-state index contributed by atoms with van der Waals surface area (Å²) in [7, 11) is 0. The number of benzene rings is 2. The molecule has 36 heavy (non-hydrogen) atoms. The van der Waals surface area contributed by atoms with Crippen LogP contribution in [0.3, 0.4) is 0 Å². The molecule has 0 bridgehead atoms. The Morgan fingerprint density at radius 3 is 2.14 bits per heavy atom. The molecule has 0 aliphatic carbocycles. The first-order valence-electron chi connectivity index (χ1n) is 11.8. The number of amides is 1. The van der Waals surface area contributed by atoms with E-state index in [4.69, 9.17) is 21.1 Å². The van der Waals surface area contributed by atoms with Crippen LogP contribution in [0.15, 0.2) is 48.5 Å². The van der Waals surface area contributed by atoms with Crippen LogP contribution in [-0.2, 0) is 20.8 Å². The molecule has 2 atom stereocenters. The predicted molar refractivity (Wildman–Crippen MR) is 134 cm³/mol. The van der Waals surface area contributed by atoms with Gasteiger partial charge in [0.25, 0.3) is 0 Å². The van der Waals surface area contributed by atoms with Crippen LogP contribution in [0.2, 0.25) is 0 Å². The third-order valence-electron chi connectivity index (χ3n) is 5.73. The second kappa shape index (κ2) is 14.6. The molecule has 0 fully saturated rings. The molecule has 0 spiro atoms. The Morgan fingerprint density at radius 2 is 1.53 bits per heavy atom. The molecule has 7 N–H and O–H groups in total. The Hall–Kier alpha value is -3.76. The molecule has 10 nitrogen and oxygen atoms in total. The molecule has 0 aliphatic rings. The maximum absolute atomic E-state index is 12.7. The van der Waals surface area contributed by atoms with Crippen LogP contribution in [-0.4, -0.2) is 64.3 Å². The van der Waals surface area contributed by atoms with E-state index in [0.29, 0.717) is 13.0 Å². The molecule has 0 heterocycles. The molecule has 194 valence electrons. The van der Waals surface area contributed by atoms with Crippen molar-refractivity contribution in [3.63, 3.8) is 0 Å². The molecule has 10 heteroatoms. The number of aryl methyl sites for hydroxylation is 1. The minimum atomic E-state index is -1.01. The van der Waals surface area contributed by atoms with Crippen molar-refractivity contribution in [1.29, 1.82) is 0 Å². The van der Waals surface area contributed by atoms with Gasteiger partial charge in [0.15, 0.2) is 0 Å². The summed E-state index contributed by atoms with van der Waals surface area (Å²) in [5.41, 5.74) is 8.65. The molecule has 0 saturated heterocycles. The van der Waals surface area contributed by atoms with E-state index in [2.05, 4.69) is 10.6 Å². The number of carbonyl (C=O) groups excluding carboxylic acids is 1. The highest BCUT2D eigenvalue weighted by atomic mass is 16.4. The average molecular weight is 500 g/mol. The first-order chi connectivity index (χ1) is 17.2. The van der Waals surface area contributed by atoms with E-state index in [1.165, 1.54) is 0 Å². The summed E-state index contributed by atoms with van der Waals surface area (Å²) in [4.78, 5) is 45.6. The Kier molecular flexibility index (Phi) is 11.5. The minimum Gasteiger partial charge on any atom is -0.481 e. The van der Waals surface area contributed by atoms with Crippen LogP contribution < -0.4 is 16.4 Å². The van der Waals surface area contributed by atoms with Crippen LogP contribution in [0.5, 0.6) is 0 Å². The number of aliphatic carboxylic acids is 2. The number of rotatable bonds is 16. The van der Waals surface area contributed by atoms with Gasteiger partial charge in [-0.25, -0.2) is 4.79 Å². The van der Waals surface area contributed by atoms with Crippen molar-refractivity contribution >= 4 is 23.8 Å². The van der Waals surface area contributed by atoms with E-state index in [9.17, 15) is 19.2 Å². The number of carbonyl (C=O) groups is 4. The second-order valence-corrected chi connectivity index (χ2v) is 8.50. The maximum Gasteiger partial charge on any atom is 0.335 e. The molecule has 2 rings (SSSR count). The largest absolute Gasteiger partial charge is 0.481 e. The van der Waals surface area contributed by atoms with Crippen LogP contribution in [0.25, 0.3) is 11.1 Å². The fraction of sp³-hybridized carbons (Fsp3) is 0.385. The lowest BCUT2D eigenvalue weighted by molar-refractivity contribution is -0.138. The highest BCUT2D eigenvalue weighted by Gasteiger charge is 2.22. The first kappa shape index (κ1) is 28.5. The zero-order valence-corrected chi connectivity index (χ0v) is 20.0. The van der Waals surface area contributed by atoms with E-state index >= 15 is 0 Å². The first-order valence-corrected chi connectivity index (χ1v) is 11.8. The van der Waals surface area contributed by atoms with Gasteiger partial charge in [0, 0.05) is 25.4 Å². The molecule has 2 aromatic carbocycles. The van der Waals surface area contributed by atoms with Crippen molar-refractivity contribution in [3.8, 4) is 11.1 Å². The van der Waals surface area contributed by atoms with E-state index < -0.39 is 35.9 Å². The highest BCUT2D eigenvalue weighted by molar-refractivity contribution is 5.89. The molecule has 0 aromatic heterocycles. The van der Waals surface area contributed by atoms with Crippen LogP contribution in [0, 0.1) is 0 Å². The molecule has 0 aliphatic heterocycles. The van der Waals surface area contributed by atoms with Gasteiger partial charge in [-0.05, 0) is 61.1 Å². The quantitative estimate of drug-likeness (QED) is 0.189. The third-order valence-corrected chi connectivity index (χ3v) is 5.73. The maximum atomic E-state index is 12.7. The lowest BCUT2D eigenvalue weighted by Gasteiger charge is -2.22. The standard InChI is InChI=1S/C26H33N3O7/c27-16-21(10-12-23(30)31)29-25(34)22(11-13-24(32)33)28-14-2-3-17-6-8-18(9-7-17)19-4-1-5-20(15-19)26(35)36/h1,4-9,15,21-22,28H,2-3,10-14,16,27H2,(H,29,34)(H,30,31)(H,32,33)(H,35,36). The highest BCUT2D eigenvalue weighted by Crippen LogP contribution is 2.21. The normalized spacial score (nSPS) is 12.5. The van der Waals surface area contributed by atoms with E-state index in [0.717, 1.165) is 23.1 Å². The Morgan fingerprint density at radius 1 is 0.861 bits per heavy atom. The van der Waals surface area contributed by atoms with E-state index in [1.807, 2.05) is 30.3 Å². The van der Waals surface area contributed by atoms with Crippen molar-refractivity contribution in [1.82, 2.24) is 10.6 Å². The number of nitrogens with one attached hydrogen (secondary N) is 2. The average Bonchev–Trinajstić information content (AvgIpc) is 2.86. The van der Waals surface area contributed by atoms with Gasteiger partial charge in [-0.3, -0.25) is 14.4 Å². The second-order valence-electron chi connectivity index (χ2n) is 8.50.